The quantitative estimate of drug-likeness (QED) is 0.739. The minimum atomic E-state index is 0.805. The lowest BCUT2D eigenvalue weighted by molar-refractivity contribution is 0.161. The first-order valence-electron chi connectivity index (χ1n) is 6.24. The monoisotopic (exact) mass is 196 g/mol. The average Bonchev–Trinajstić information content (AvgIpc) is 2.74. The molecule has 2 heterocycles. The lowest BCUT2D eigenvalue weighted by Gasteiger charge is -2.31. The van der Waals surface area contributed by atoms with Crippen molar-refractivity contribution in [1.82, 2.24) is 10.2 Å². The number of hydrogen-bond donors (Lipinski definition) is 1. The third kappa shape index (κ3) is 1.59. The SMILES string of the molecule is CCC(CC)N1CC2CNCC2C1C. The van der Waals surface area contributed by atoms with E-state index in [1.165, 1.54) is 32.5 Å². The molecule has 2 fully saturated rings. The third-order valence-electron chi connectivity index (χ3n) is 4.39. The molecule has 82 valence electrons. The zero-order valence-electron chi connectivity index (χ0n) is 9.79. The smallest absolute Gasteiger partial charge is 0.0114 e. The Balaban J connectivity index is 2.01. The van der Waals surface area contributed by atoms with Crippen molar-refractivity contribution in [3.05, 3.63) is 0 Å². The van der Waals surface area contributed by atoms with Crippen molar-refractivity contribution in [2.24, 2.45) is 11.8 Å². The van der Waals surface area contributed by atoms with Gasteiger partial charge in [-0.2, -0.15) is 0 Å². The molecule has 0 aromatic carbocycles. The van der Waals surface area contributed by atoms with Crippen LogP contribution in [0, 0.1) is 11.8 Å². The van der Waals surface area contributed by atoms with E-state index in [0.717, 1.165) is 23.9 Å². The fourth-order valence-electron chi connectivity index (χ4n) is 3.44. The Kier molecular flexibility index (Phi) is 3.13. The molecular formula is C12H24N2. The van der Waals surface area contributed by atoms with E-state index in [1.807, 2.05) is 0 Å². The van der Waals surface area contributed by atoms with Gasteiger partial charge < -0.3 is 5.32 Å². The molecular weight excluding hydrogens is 172 g/mol. The van der Waals surface area contributed by atoms with Crippen molar-refractivity contribution in [1.29, 1.82) is 0 Å². The molecule has 0 radical (unpaired) electrons. The molecule has 2 aliphatic rings. The first kappa shape index (κ1) is 10.4. The van der Waals surface area contributed by atoms with Crippen LogP contribution in [0.1, 0.15) is 33.6 Å². The molecule has 0 aliphatic carbocycles. The molecule has 0 aromatic rings. The largest absolute Gasteiger partial charge is 0.316 e. The Morgan fingerprint density at radius 3 is 2.57 bits per heavy atom. The van der Waals surface area contributed by atoms with Gasteiger partial charge in [0.2, 0.25) is 0 Å². The number of nitrogens with zero attached hydrogens (tertiary/aromatic N) is 1. The van der Waals surface area contributed by atoms with Crippen LogP contribution in [-0.2, 0) is 0 Å². The van der Waals surface area contributed by atoms with Gasteiger partial charge in [0.1, 0.15) is 0 Å². The highest BCUT2D eigenvalue weighted by molar-refractivity contribution is 4.98. The normalized spacial score (nSPS) is 38.1. The minimum absolute atomic E-state index is 0.805. The lowest BCUT2D eigenvalue weighted by atomic mass is 9.95. The molecule has 2 nitrogen and oxygen atoms in total. The summed E-state index contributed by atoms with van der Waals surface area (Å²) in [7, 11) is 0. The summed E-state index contributed by atoms with van der Waals surface area (Å²) in [5.74, 6) is 1.86. The third-order valence-corrected chi connectivity index (χ3v) is 4.39. The topological polar surface area (TPSA) is 15.3 Å². The van der Waals surface area contributed by atoms with Crippen LogP contribution >= 0.6 is 0 Å². The first-order valence-corrected chi connectivity index (χ1v) is 6.24. The Labute approximate surface area is 88.1 Å². The summed E-state index contributed by atoms with van der Waals surface area (Å²) in [6.45, 7) is 10.9. The Morgan fingerprint density at radius 2 is 2.00 bits per heavy atom. The first-order chi connectivity index (χ1) is 6.77. The Hall–Kier alpha value is -0.0800. The van der Waals surface area contributed by atoms with Crippen molar-refractivity contribution in [3.63, 3.8) is 0 Å². The molecule has 0 bridgehead atoms. The molecule has 0 spiro atoms. The van der Waals surface area contributed by atoms with Crippen LogP contribution in [0.3, 0.4) is 0 Å². The molecule has 2 rings (SSSR count). The van der Waals surface area contributed by atoms with E-state index in [0.29, 0.717) is 0 Å². The number of rotatable bonds is 3. The fraction of sp³-hybridized carbons (Fsp3) is 1.00. The zero-order valence-corrected chi connectivity index (χ0v) is 9.79. The maximum Gasteiger partial charge on any atom is 0.0114 e. The van der Waals surface area contributed by atoms with Crippen LogP contribution in [-0.4, -0.2) is 36.6 Å². The fourth-order valence-corrected chi connectivity index (χ4v) is 3.44. The summed E-state index contributed by atoms with van der Waals surface area (Å²) in [5, 5.41) is 3.52. The summed E-state index contributed by atoms with van der Waals surface area (Å²) in [6.07, 6.45) is 2.63. The summed E-state index contributed by atoms with van der Waals surface area (Å²) in [5.41, 5.74) is 0. The van der Waals surface area contributed by atoms with Crippen LogP contribution in [0.5, 0.6) is 0 Å². The Bertz CT molecular complexity index is 189. The highest BCUT2D eigenvalue weighted by Crippen LogP contribution is 2.34. The van der Waals surface area contributed by atoms with Gasteiger partial charge in [-0.3, -0.25) is 4.90 Å². The second-order valence-corrected chi connectivity index (χ2v) is 4.99. The molecule has 3 atom stereocenters. The summed E-state index contributed by atoms with van der Waals surface area (Å²) in [4.78, 5) is 2.76. The highest BCUT2D eigenvalue weighted by atomic mass is 15.2. The lowest BCUT2D eigenvalue weighted by Crippen LogP contribution is -2.40. The van der Waals surface area contributed by atoms with Crippen LogP contribution in [0.25, 0.3) is 0 Å². The predicted octanol–water partition coefficient (Wildman–Crippen LogP) is 1.71. The second-order valence-electron chi connectivity index (χ2n) is 4.99. The number of likely N-dealkylation sites (tertiary alicyclic amines) is 1. The van der Waals surface area contributed by atoms with Crippen molar-refractivity contribution in [3.8, 4) is 0 Å². The molecule has 1 N–H and O–H groups in total. The molecule has 14 heavy (non-hydrogen) atoms. The van der Waals surface area contributed by atoms with Gasteiger partial charge in [0, 0.05) is 18.6 Å². The van der Waals surface area contributed by atoms with E-state index >= 15 is 0 Å². The van der Waals surface area contributed by atoms with E-state index in [-0.39, 0.29) is 0 Å². The molecule has 2 heteroatoms. The van der Waals surface area contributed by atoms with Gasteiger partial charge in [-0.25, -0.2) is 0 Å². The summed E-state index contributed by atoms with van der Waals surface area (Å²) in [6, 6.07) is 1.63. The van der Waals surface area contributed by atoms with Gasteiger partial charge in [-0.15, -0.1) is 0 Å². The van der Waals surface area contributed by atoms with E-state index < -0.39 is 0 Å². The van der Waals surface area contributed by atoms with Crippen molar-refractivity contribution >= 4 is 0 Å². The molecule has 2 aliphatic heterocycles. The van der Waals surface area contributed by atoms with Crippen LogP contribution < -0.4 is 5.32 Å². The van der Waals surface area contributed by atoms with Crippen molar-refractivity contribution in [2.75, 3.05) is 19.6 Å². The van der Waals surface area contributed by atoms with Gasteiger partial charge in [0.05, 0.1) is 0 Å². The van der Waals surface area contributed by atoms with Crippen LogP contribution in [0.15, 0.2) is 0 Å². The zero-order chi connectivity index (χ0) is 10.1. The predicted molar refractivity (Wildman–Crippen MR) is 60.4 cm³/mol. The molecule has 0 saturated carbocycles. The molecule has 3 unspecified atom stereocenters. The second kappa shape index (κ2) is 4.19. The maximum absolute atomic E-state index is 3.52. The standard InChI is InChI=1S/C12H24N2/c1-4-11(5-2)14-8-10-6-13-7-12(10)9(14)3/h9-13H,4-8H2,1-3H3. The summed E-state index contributed by atoms with van der Waals surface area (Å²) >= 11 is 0. The van der Waals surface area contributed by atoms with Gasteiger partial charge in [-0.1, -0.05) is 13.8 Å². The van der Waals surface area contributed by atoms with Gasteiger partial charge in [-0.05, 0) is 44.7 Å². The van der Waals surface area contributed by atoms with E-state index in [9.17, 15) is 0 Å². The Morgan fingerprint density at radius 1 is 1.29 bits per heavy atom. The summed E-state index contributed by atoms with van der Waals surface area (Å²) < 4.78 is 0. The van der Waals surface area contributed by atoms with Crippen molar-refractivity contribution < 1.29 is 0 Å². The average molecular weight is 196 g/mol. The van der Waals surface area contributed by atoms with Gasteiger partial charge in [0.25, 0.3) is 0 Å². The van der Waals surface area contributed by atoms with Crippen molar-refractivity contribution in [2.45, 2.75) is 45.7 Å². The van der Waals surface area contributed by atoms with E-state index in [2.05, 4.69) is 31.0 Å². The number of nitrogens with one attached hydrogen (secondary N) is 1. The van der Waals surface area contributed by atoms with Gasteiger partial charge in [0.15, 0.2) is 0 Å². The maximum atomic E-state index is 3.52. The molecule has 0 aromatic heterocycles. The minimum Gasteiger partial charge on any atom is -0.316 e. The number of hydrogen-bond acceptors (Lipinski definition) is 2. The van der Waals surface area contributed by atoms with Crippen LogP contribution in [0.4, 0.5) is 0 Å². The highest BCUT2D eigenvalue weighted by Gasteiger charge is 2.43. The molecule has 0 amide bonds. The van der Waals surface area contributed by atoms with Crippen LogP contribution in [0.2, 0.25) is 0 Å². The van der Waals surface area contributed by atoms with E-state index in [1.54, 1.807) is 0 Å². The van der Waals surface area contributed by atoms with E-state index in [4.69, 9.17) is 0 Å². The van der Waals surface area contributed by atoms with Gasteiger partial charge >= 0.3 is 0 Å². The molecule has 2 saturated heterocycles. The number of fused-ring (bicyclic) bond motifs is 1.